The number of nitrogens with one attached hydrogen (secondary N) is 1. The summed E-state index contributed by atoms with van der Waals surface area (Å²) in [5.74, 6) is 0. The van der Waals surface area contributed by atoms with Crippen molar-refractivity contribution in [1.29, 1.82) is 0 Å². The molecule has 136 valence electrons. The Kier molecular flexibility index (Phi) is 4.77. The average Bonchev–Trinajstić information content (AvgIpc) is 2.81. The van der Waals surface area contributed by atoms with Crippen LogP contribution in [0, 0.1) is 0 Å². The van der Waals surface area contributed by atoms with Gasteiger partial charge in [-0.3, -0.25) is 4.57 Å². The highest BCUT2D eigenvalue weighted by molar-refractivity contribution is 6.42. The van der Waals surface area contributed by atoms with Crippen LogP contribution >= 0.6 is 23.2 Å². The van der Waals surface area contributed by atoms with Crippen LogP contribution in [0.15, 0.2) is 16.9 Å². The maximum absolute atomic E-state index is 12.5. The average molecular weight is 386 g/mol. The molecule has 0 saturated carbocycles. The van der Waals surface area contributed by atoms with Crippen LogP contribution in [0.1, 0.15) is 39.7 Å². The number of H-pyrrole nitrogens is 1. The summed E-state index contributed by atoms with van der Waals surface area (Å²) in [5, 5.41) is 0.781. The summed E-state index contributed by atoms with van der Waals surface area (Å²) < 4.78 is 7.11. The third-order valence-corrected chi connectivity index (χ3v) is 4.89. The van der Waals surface area contributed by atoms with Crippen LogP contribution < -0.4 is 5.69 Å². The molecule has 0 bridgehead atoms. The van der Waals surface area contributed by atoms with Gasteiger partial charge in [0.1, 0.15) is 5.60 Å². The Labute approximate surface area is 155 Å². The molecule has 8 heteroatoms. The number of aromatic amines is 1. The van der Waals surface area contributed by atoms with Gasteiger partial charge in [-0.05, 0) is 45.7 Å². The molecule has 6 nitrogen and oxygen atoms in total. The van der Waals surface area contributed by atoms with Gasteiger partial charge < -0.3 is 14.6 Å². The zero-order valence-electron chi connectivity index (χ0n) is 14.4. The first-order valence-corrected chi connectivity index (χ1v) is 8.98. The fourth-order valence-corrected chi connectivity index (χ4v) is 3.46. The van der Waals surface area contributed by atoms with E-state index in [-0.39, 0.29) is 17.8 Å². The summed E-state index contributed by atoms with van der Waals surface area (Å²) in [6, 6.07) is 3.19. The summed E-state index contributed by atoms with van der Waals surface area (Å²) in [6.07, 6.45) is 1.24. The van der Waals surface area contributed by atoms with Gasteiger partial charge in [0.25, 0.3) is 0 Å². The molecule has 0 aliphatic carbocycles. The van der Waals surface area contributed by atoms with Crippen LogP contribution in [-0.2, 0) is 4.74 Å². The highest BCUT2D eigenvalue weighted by Gasteiger charge is 2.30. The molecule has 1 aliphatic rings. The fourth-order valence-electron chi connectivity index (χ4n) is 3.14. The third-order valence-electron chi connectivity index (χ3n) is 4.17. The van der Waals surface area contributed by atoms with Crippen molar-refractivity contribution in [1.82, 2.24) is 14.5 Å². The van der Waals surface area contributed by atoms with E-state index in [2.05, 4.69) is 4.98 Å². The molecule has 2 aromatic rings. The Morgan fingerprint density at radius 1 is 1.28 bits per heavy atom. The van der Waals surface area contributed by atoms with E-state index in [1.165, 1.54) is 0 Å². The SMILES string of the molecule is CC(C)(C)OC(=O)N1CCC[C@@H](n2c(=O)[nH]c3cc(Cl)c(Cl)cc32)C1. The number of fused-ring (bicyclic) bond motifs is 1. The molecule has 1 saturated heterocycles. The number of likely N-dealkylation sites (tertiary alicyclic amines) is 1. The molecule has 0 spiro atoms. The lowest BCUT2D eigenvalue weighted by Gasteiger charge is -2.34. The number of hydrogen-bond acceptors (Lipinski definition) is 3. The first-order chi connectivity index (χ1) is 11.7. The zero-order chi connectivity index (χ0) is 18.4. The number of imidazole rings is 1. The van der Waals surface area contributed by atoms with Gasteiger partial charge in [-0.2, -0.15) is 0 Å². The number of halogens is 2. The summed E-state index contributed by atoms with van der Waals surface area (Å²) >= 11 is 12.1. The van der Waals surface area contributed by atoms with Crippen molar-refractivity contribution < 1.29 is 9.53 Å². The first kappa shape index (κ1) is 18.1. The van der Waals surface area contributed by atoms with Gasteiger partial charge in [0.2, 0.25) is 0 Å². The van der Waals surface area contributed by atoms with E-state index in [1.807, 2.05) is 20.8 Å². The standard InChI is InChI=1S/C17H21Cl2N3O3/c1-17(2,3)25-16(24)21-6-4-5-10(9-21)22-14-8-12(19)11(18)7-13(14)20-15(22)23/h7-8,10H,4-6,9H2,1-3H3,(H,20,23)/t10-/m1/s1. The second kappa shape index (κ2) is 6.57. The number of carbonyl (C=O) groups excluding carboxylic acids is 1. The van der Waals surface area contributed by atoms with Crippen molar-refractivity contribution in [2.75, 3.05) is 13.1 Å². The number of carbonyl (C=O) groups is 1. The molecular weight excluding hydrogens is 365 g/mol. The van der Waals surface area contributed by atoms with Gasteiger partial charge in [-0.25, -0.2) is 9.59 Å². The molecule has 1 N–H and O–H groups in total. The van der Waals surface area contributed by atoms with Gasteiger partial charge in [0, 0.05) is 13.1 Å². The topological polar surface area (TPSA) is 67.3 Å². The predicted octanol–water partition coefficient (Wildman–Crippen LogP) is 4.21. The Hall–Kier alpha value is -1.66. The van der Waals surface area contributed by atoms with E-state index in [9.17, 15) is 9.59 Å². The molecule has 1 amide bonds. The fraction of sp³-hybridized carbons (Fsp3) is 0.529. The van der Waals surface area contributed by atoms with E-state index >= 15 is 0 Å². The second-order valence-corrected chi connectivity index (χ2v) is 8.12. The van der Waals surface area contributed by atoms with Gasteiger partial charge in [0.05, 0.1) is 27.1 Å². The minimum atomic E-state index is -0.550. The second-order valence-electron chi connectivity index (χ2n) is 7.31. The van der Waals surface area contributed by atoms with Crippen LogP contribution in [0.4, 0.5) is 4.79 Å². The minimum absolute atomic E-state index is 0.139. The van der Waals surface area contributed by atoms with Crippen LogP contribution in [0.25, 0.3) is 11.0 Å². The van der Waals surface area contributed by atoms with E-state index in [0.29, 0.717) is 34.2 Å². The van der Waals surface area contributed by atoms with Crippen LogP contribution in [0.2, 0.25) is 10.0 Å². The quantitative estimate of drug-likeness (QED) is 0.799. The molecule has 1 atom stereocenters. The number of nitrogens with zero attached hydrogens (tertiary/aromatic N) is 2. The summed E-state index contributed by atoms with van der Waals surface area (Å²) in [6.45, 7) is 6.55. The Morgan fingerprint density at radius 3 is 2.64 bits per heavy atom. The van der Waals surface area contributed by atoms with Crippen molar-refractivity contribution in [3.63, 3.8) is 0 Å². The van der Waals surface area contributed by atoms with Crippen LogP contribution in [0.5, 0.6) is 0 Å². The third kappa shape index (κ3) is 3.80. The smallest absolute Gasteiger partial charge is 0.410 e. The molecule has 2 heterocycles. The maximum Gasteiger partial charge on any atom is 0.410 e. The number of rotatable bonds is 1. The lowest BCUT2D eigenvalue weighted by molar-refractivity contribution is 0.0173. The van der Waals surface area contributed by atoms with Crippen molar-refractivity contribution in [3.05, 3.63) is 32.7 Å². The number of piperidine rings is 1. The monoisotopic (exact) mass is 385 g/mol. The number of ether oxygens (including phenoxy) is 1. The summed E-state index contributed by atoms with van der Waals surface area (Å²) in [5.41, 5.74) is 0.542. The normalized spacial score (nSPS) is 18.6. The van der Waals surface area contributed by atoms with Crippen LogP contribution in [-0.4, -0.2) is 39.2 Å². The minimum Gasteiger partial charge on any atom is -0.444 e. The molecule has 0 radical (unpaired) electrons. The van der Waals surface area contributed by atoms with Gasteiger partial charge in [-0.1, -0.05) is 23.2 Å². The van der Waals surface area contributed by atoms with Gasteiger partial charge in [0.15, 0.2) is 0 Å². The highest BCUT2D eigenvalue weighted by Crippen LogP contribution is 2.30. The maximum atomic E-state index is 12.5. The molecule has 25 heavy (non-hydrogen) atoms. The molecule has 1 aromatic carbocycles. The van der Waals surface area contributed by atoms with Crippen molar-refractivity contribution in [2.24, 2.45) is 0 Å². The molecule has 1 fully saturated rings. The highest BCUT2D eigenvalue weighted by atomic mass is 35.5. The molecule has 0 unspecified atom stereocenters. The molecular formula is C17H21Cl2N3O3. The lowest BCUT2D eigenvalue weighted by atomic mass is 10.1. The number of hydrogen-bond donors (Lipinski definition) is 1. The van der Waals surface area contributed by atoms with Crippen molar-refractivity contribution >= 4 is 40.3 Å². The van der Waals surface area contributed by atoms with E-state index in [1.54, 1.807) is 21.6 Å². The Morgan fingerprint density at radius 2 is 1.96 bits per heavy atom. The molecule has 1 aromatic heterocycles. The Balaban J connectivity index is 1.90. The number of benzene rings is 1. The Bertz CT molecular complexity index is 866. The zero-order valence-corrected chi connectivity index (χ0v) is 15.9. The van der Waals surface area contributed by atoms with Crippen LogP contribution in [0.3, 0.4) is 0 Å². The van der Waals surface area contributed by atoms with E-state index < -0.39 is 5.60 Å². The molecule has 1 aliphatic heterocycles. The number of aromatic nitrogens is 2. The van der Waals surface area contributed by atoms with Crippen molar-refractivity contribution in [3.8, 4) is 0 Å². The van der Waals surface area contributed by atoms with Gasteiger partial charge in [-0.15, -0.1) is 0 Å². The molecule has 3 rings (SSSR count). The predicted molar refractivity (Wildman–Crippen MR) is 98.7 cm³/mol. The van der Waals surface area contributed by atoms with Gasteiger partial charge >= 0.3 is 11.8 Å². The van der Waals surface area contributed by atoms with Crippen molar-refractivity contribution in [2.45, 2.75) is 45.3 Å². The van der Waals surface area contributed by atoms with E-state index in [4.69, 9.17) is 27.9 Å². The number of amides is 1. The summed E-state index contributed by atoms with van der Waals surface area (Å²) in [4.78, 5) is 29.3. The first-order valence-electron chi connectivity index (χ1n) is 8.23. The lowest BCUT2D eigenvalue weighted by Crippen LogP contribution is -2.44. The largest absolute Gasteiger partial charge is 0.444 e. The summed E-state index contributed by atoms with van der Waals surface area (Å²) in [7, 11) is 0. The van der Waals surface area contributed by atoms with E-state index in [0.717, 1.165) is 12.8 Å².